The second kappa shape index (κ2) is 10.6. The number of carbonyl (C=O) groups excluding carboxylic acids is 2. The quantitative estimate of drug-likeness (QED) is 0.462. The van der Waals surface area contributed by atoms with E-state index < -0.39 is 24.8 Å². The van der Waals surface area contributed by atoms with Gasteiger partial charge in [0.1, 0.15) is 11.5 Å². The van der Waals surface area contributed by atoms with Crippen LogP contribution in [0.1, 0.15) is 45.7 Å². The van der Waals surface area contributed by atoms with E-state index in [0.29, 0.717) is 22.3 Å². The summed E-state index contributed by atoms with van der Waals surface area (Å²) in [7, 11) is -5.46. The topological polar surface area (TPSA) is 121 Å². The molecule has 176 valence electrons. The summed E-state index contributed by atoms with van der Waals surface area (Å²) in [4.78, 5) is 23.1. The maximum atomic E-state index is 12.3. The summed E-state index contributed by atoms with van der Waals surface area (Å²) < 4.78 is 59.6. The van der Waals surface area contributed by atoms with Crippen LogP contribution in [-0.2, 0) is 19.7 Å². The number of hydrogen-bond acceptors (Lipinski definition) is 8. The van der Waals surface area contributed by atoms with E-state index in [2.05, 4.69) is 0 Å². The first-order valence-electron chi connectivity index (χ1n) is 9.57. The van der Waals surface area contributed by atoms with Crippen molar-refractivity contribution in [3.63, 3.8) is 0 Å². The van der Waals surface area contributed by atoms with E-state index in [1.165, 1.54) is 76.6 Å². The van der Waals surface area contributed by atoms with Crippen LogP contribution in [0.5, 0.6) is 11.5 Å². The molecule has 0 aliphatic rings. The van der Waals surface area contributed by atoms with Crippen molar-refractivity contribution in [1.29, 1.82) is 0 Å². The monoisotopic (exact) mass is 492 g/mol. The Morgan fingerprint density at radius 2 is 1.09 bits per heavy atom. The van der Waals surface area contributed by atoms with Crippen LogP contribution in [0.2, 0.25) is 0 Å². The number of sulfone groups is 2. The Balaban J connectivity index is 2.20. The van der Waals surface area contributed by atoms with Gasteiger partial charge in [-0.2, -0.15) is 0 Å². The lowest BCUT2D eigenvalue weighted by molar-refractivity contribution is 0.100. The average Bonchev–Trinajstić information content (AvgIpc) is 2.75. The predicted octanol–water partition coefficient (Wildman–Crippen LogP) is 3.54. The number of ether oxygens (including phenoxy) is 2. The van der Waals surface area contributed by atoms with Crippen molar-refractivity contribution in [2.45, 2.75) is 13.8 Å². The molecular formula is C23H24O8S2. The maximum absolute atomic E-state index is 12.3. The number of methoxy groups -OCH3 is 2. The lowest BCUT2D eigenvalue weighted by Crippen LogP contribution is -2.11. The van der Waals surface area contributed by atoms with Gasteiger partial charge in [-0.05, 0) is 61.4 Å². The molecule has 0 unspecified atom stereocenters. The Labute approximate surface area is 193 Å². The van der Waals surface area contributed by atoms with E-state index in [1.54, 1.807) is 0 Å². The molecule has 0 atom stereocenters. The summed E-state index contributed by atoms with van der Waals surface area (Å²) in [5.41, 5.74) is 1.54. The van der Waals surface area contributed by atoms with Crippen molar-refractivity contribution in [1.82, 2.24) is 0 Å². The maximum Gasteiger partial charge on any atom is 0.186 e. The number of rotatable bonds is 10. The van der Waals surface area contributed by atoms with Crippen molar-refractivity contribution in [3.05, 3.63) is 69.5 Å². The smallest absolute Gasteiger partial charge is 0.186 e. The molecule has 2 aromatic rings. The Kier molecular flexibility index (Phi) is 8.34. The second-order valence-electron chi connectivity index (χ2n) is 7.08. The van der Waals surface area contributed by atoms with Crippen LogP contribution >= 0.6 is 0 Å². The Morgan fingerprint density at radius 1 is 0.727 bits per heavy atom. The van der Waals surface area contributed by atoms with Gasteiger partial charge >= 0.3 is 0 Å². The van der Waals surface area contributed by atoms with Crippen LogP contribution in [0.25, 0.3) is 12.2 Å². The molecule has 0 aliphatic heterocycles. The lowest BCUT2D eigenvalue weighted by Gasteiger charge is -2.07. The zero-order valence-electron chi connectivity index (χ0n) is 18.6. The average molecular weight is 493 g/mol. The van der Waals surface area contributed by atoms with E-state index in [1.807, 2.05) is 0 Å². The van der Waals surface area contributed by atoms with Crippen LogP contribution in [0.4, 0.5) is 0 Å². The SMILES string of the molecule is COc1cc(/C=C/S(=O)(=O)CS(=O)(=O)/C=C/c2ccc(C(C)=O)c(OC)c2)ccc1C(C)=O. The molecule has 0 N–H and O–H groups in total. The van der Waals surface area contributed by atoms with E-state index in [-0.39, 0.29) is 23.1 Å². The number of carbonyl (C=O) groups is 2. The summed E-state index contributed by atoms with van der Waals surface area (Å²) in [6, 6.07) is 9.01. The highest BCUT2D eigenvalue weighted by molar-refractivity contribution is 8.10. The minimum Gasteiger partial charge on any atom is -0.496 e. The number of ketones is 2. The fourth-order valence-electron chi connectivity index (χ4n) is 2.88. The van der Waals surface area contributed by atoms with Gasteiger partial charge in [-0.3, -0.25) is 9.59 Å². The van der Waals surface area contributed by atoms with E-state index >= 15 is 0 Å². The highest BCUT2D eigenvalue weighted by Gasteiger charge is 2.18. The van der Waals surface area contributed by atoms with Crippen LogP contribution in [-0.4, -0.2) is 47.7 Å². The fourth-order valence-corrected chi connectivity index (χ4v) is 6.07. The molecule has 0 heterocycles. The molecule has 0 aliphatic carbocycles. The molecule has 2 aromatic carbocycles. The lowest BCUT2D eigenvalue weighted by atomic mass is 10.1. The van der Waals surface area contributed by atoms with E-state index in [4.69, 9.17) is 9.47 Å². The van der Waals surface area contributed by atoms with Crippen molar-refractivity contribution in [2.24, 2.45) is 0 Å². The predicted molar refractivity (Wildman–Crippen MR) is 127 cm³/mol. The normalized spacial score (nSPS) is 12.2. The molecule has 0 amide bonds. The van der Waals surface area contributed by atoms with Crippen molar-refractivity contribution in [3.8, 4) is 11.5 Å². The van der Waals surface area contributed by atoms with Gasteiger partial charge in [0.15, 0.2) is 36.3 Å². The van der Waals surface area contributed by atoms with Gasteiger partial charge in [0.05, 0.1) is 25.3 Å². The minimum atomic E-state index is -4.12. The third kappa shape index (κ3) is 7.40. The first-order valence-corrected chi connectivity index (χ1v) is 13.0. The molecule has 33 heavy (non-hydrogen) atoms. The molecule has 0 bridgehead atoms. The van der Waals surface area contributed by atoms with Crippen LogP contribution in [0.15, 0.2) is 47.2 Å². The van der Waals surface area contributed by atoms with Crippen molar-refractivity contribution in [2.75, 3.05) is 19.3 Å². The standard InChI is InChI=1S/C23H24O8S2/c1-16(24)20-7-5-18(13-22(20)30-3)9-11-32(26,27)15-33(28,29)12-10-19-6-8-21(17(2)25)23(14-19)31-4/h5-14H,15H2,1-4H3/b11-9+,12-10+. The summed E-state index contributed by atoms with van der Waals surface area (Å²) >= 11 is 0. The number of hydrogen-bond donors (Lipinski definition) is 0. The zero-order valence-corrected chi connectivity index (χ0v) is 20.2. The van der Waals surface area contributed by atoms with Gasteiger partial charge in [-0.15, -0.1) is 0 Å². The Bertz CT molecular complexity index is 1230. The molecule has 0 saturated heterocycles. The van der Waals surface area contributed by atoms with Gasteiger partial charge in [0.25, 0.3) is 0 Å². The number of benzene rings is 2. The minimum absolute atomic E-state index is 0.207. The van der Waals surface area contributed by atoms with E-state index in [0.717, 1.165) is 10.8 Å². The first-order chi connectivity index (χ1) is 15.4. The van der Waals surface area contributed by atoms with Gasteiger partial charge in [0.2, 0.25) is 0 Å². The van der Waals surface area contributed by atoms with E-state index in [9.17, 15) is 26.4 Å². The third-order valence-electron chi connectivity index (χ3n) is 4.47. The summed E-state index contributed by atoms with van der Waals surface area (Å²) in [5, 5.41) is 0.467. The summed E-state index contributed by atoms with van der Waals surface area (Å²) in [6.07, 6.45) is 2.46. The van der Waals surface area contributed by atoms with Gasteiger partial charge in [0, 0.05) is 10.8 Å². The van der Waals surface area contributed by atoms with Gasteiger partial charge in [-0.25, -0.2) is 16.8 Å². The van der Waals surface area contributed by atoms with Crippen molar-refractivity contribution >= 4 is 43.4 Å². The molecular weight excluding hydrogens is 468 g/mol. The van der Waals surface area contributed by atoms with Gasteiger partial charge in [-0.1, -0.05) is 12.1 Å². The molecule has 0 saturated carbocycles. The van der Waals surface area contributed by atoms with Crippen molar-refractivity contribution < 1.29 is 35.9 Å². The Hall–Kier alpha value is -3.24. The largest absolute Gasteiger partial charge is 0.496 e. The first kappa shape index (κ1) is 26.0. The molecule has 0 fully saturated rings. The van der Waals surface area contributed by atoms with Gasteiger partial charge < -0.3 is 9.47 Å². The molecule has 0 radical (unpaired) electrons. The Morgan fingerprint density at radius 3 is 1.39 bits per heavy atom. The summed E-state index contributed by atoms with van der Waals surface area (Å²) in [6.45, 7) is 2.76. The van der Waals surface area contributed by atoms with Crippen LogP contribution in [0, 0.1) is 0 Å². The van der Waals surface area contributed by atoms with Crippen LogP contribution < -0.4 is 9.47 Å². The number of Topliss-reactive ketones (excluding diaryl/α,β-unsaturated/α-hetero) is 2. The summed E-state index contributed by atoms with van der Waals surface area (Å²) in [5.74, 6) is 0.149. The fraction of sp³-hybridized carbons (Fsp3) is 0.217. The third-order valence-corrected chi connectivity index (χ3v) is 8.20. The van der Waals surface area contributed by atoms with Crippen LogP contribution in [0.3, 0.4) is 0 Å². The zero-order chi connectivity index (χ0) is 24.8. The molecule has 2 rings (SSSR count). The second-order valence-corrected chi connectivity index (χ2v) is 11.2. The highest BCUT2D eigenvalue weighted by atomic mass is 32.3. The molecule has 0 aromatic heterocycles. The molecule has 10 heteroatoms. The molecule has 0 spiro atoms. The molecule has 8 nitrogen and oxygen atoms in total. The highest BCUT2D eigenvalue weighted by Crippen LogP contribution is 2.23.